The number of alkyl halides is 3. The van der Waals surface area contributed by atoms with Crippen molar-refractivity contribution in [2.45, 2.75) is 38.2 Å². The zero-order valence-electron chi connectivity index (χ0n) is 10.3. The van der Waals surface area contributed by atoms with E-state index in [1.807, 2.05) is 19.4 Å². The largest absolute Gasteiger partial charge is 0.411 e. The van der Waals surface area contributed by atoms with Gasteiger partial charge in [0, 0.05) is 18.4 Å². The second-order valence-corrected chi connectivity index (χ2v) is 4.58. The number of hydrogen-bond donors (Lipinski definition) is 1. The number of aromatic nitrogens is 1. The average molecular weight is 262 g/mol. The van der Waals surface area contributed by atoms with E-state index in [1.165, 1.54) is 11.1 Å². The molecule has 0 radical (unpaired) electrons. The highest BCUT2D eigenvalue weighted by Crippen LogP contribution is 2.30. The molecular weight excluding hydrogens is 245 g/mol. The van der Waals surface area contributed by atoms with Crippen LogP contribution in [0.4, 0.5) is 13.2 Å². The summed E-state index contributed by atoms with van der Waals surface area (Å²) < 4.78 is 42.2. The van der Waals surface area contributed by atoms with E-state index >= 15 is 0 Å². The molecule has 0 aliphatic heterocycles. The van der Waals surface area contributed by atoms with Crippen LogP contribution in [0, 0.1) is 0 Å². The Bertz CT molecular complexity index is 401. The molecule has 0 aromatic carbocycles. The summed E-state index contributed by atoms with van der Waals surface area (Å²) in [6.07, 6.45) is 2.66. The molecule has 0 fully saturated rings. The standard InChI is InChI=1S/C12H17F3N2O/c1-16-11-4-2-3-9-5-17(6-10(9)11)8-18-7-12(13,14)15/h5-6,11,16H,2-4,7-8H2,1H3. The fourth-order valence-electron chi connectivity index (χ4n) is 2.39. The van der Waals surface area contributed by atoms with Crippen LogP contribution < -0.4 is 5.32 Å². The van der Waals surface area contributed by atoms with Crippen molar-refractivity contribution < 1.29 is 17.9 Å². The van der Waals surface area contributed by atoms with Crippen LogP contribution in [0.3, 0.4) is 0 Å². The number of ether oxygens (including phenoxy) is 1. The first kappa shape index (κ1) is 13.4. The number of nitrogens with one attached hydrogen (secondary N) is 1. The number of fused-ring (bicyclic) bond motifs is 1. The molecule has 2 rings (SSSR count). The molecule has 1 aromatic heterocycles. The third-order valence-corrected chi connectivity index (χ3v) is 3.17. The fraction of sp³-hybridized carbons (Fsp3) is 0.667. The number of rotatable bonds is 4. The highest BCUT2D eigenvalue weighted by atomic mass is 19.4. The zero-order valence-corrected chi connectivity index (χ0v) is 10.3. The molecule has 0 saturated heterocycles. The predicted octanol–water partition coefficient (Wildman–Crippen LogP) is 2.62. The summed E-state index contributed by atoms with van der Waals surface area (Å²) >= 11 is 0. The van der Waals surface area contributed by atoms with Crippen LogP contribution >= 0.6 is 0 Å². The van der Waals surface area contributed by atoms with E-state index in [1.54, 1.807) is 4.57 Å². The van der Waals surface area contributed by atoms with Crippen LogP contribution in [-0.2, 0) is 17.9 Å². The molecule has 1 aliphatic carbocycles. The Kier molecular flexibility index (Phi) is 3.97. The lowest BCUT2D eigenvalue weighted by Crippen LogP contribution is -2.20. The van der Waals surface area contributed by atoms with Gasteiger partial charge in [-0.3, -0.25) is 0 Å². The van der Waals surface area contributed by atoms with Crippen LogP contribution in [0.5, 0.6) is 0 Å². The Morgan fingerprint density at radius 2 is 2.22 bits per heavy atom. The lowest BCUT2D eigenvalue weighted by molar-refractivity contribution is -0.181. The van der Waals surface area contributed by atoms with E-state index in [2.05, 4.69) is 10.1 Å². The smallest absolute Gasteiger partial charge is 0.351 e. The van der Waals surface area contributed by atoms with Gasteiger partial charge in [0.1, 0.15) is 13.3 Å². The summed E-state index contributed by atoms with van der Waals surface area (Å²) in [4.78, 5) is 0. The first-order chi connectivity index (χ1) is 8.49. The molecule has 3 nitrogen and oxygen atoms in total. The van der Waals surface area contributed by atoms with Gasteiger partial charge in [0.25, 0.3) is 0 Å². The van der Waals surface area contributed by atoms with Gasteiger partial charge < -0.3 is 14.6 Å². The van der Waals surface area contributed by atoms with Gasteiger partial charge in [0.05, 0.1) is 0 Å². The van der Waals surface area contributed by atoms with Gasteiger partial charge >= 0.3 is 6.18 Å². The van der Waals surface area contributed by atoms with E-state index in [4.69, 9.17) is 0 Å². The molecule has 1 aromatic rings. The number of aryl methyl sites for hydroxylation is 1. The number of nitrogens with zero attached hydrogens (tertiary/aromatic N) is 1. The summed E-state index contributed by atoms with van der Waals surface area (Å²) in [7, 11) is 1.90. The second kappa shape index (κ2) is 5.32. The summed E-state index contributed by atoms with van der Waals surface area (Å²) in [5.41, 5.74) is 2.38. The molecule has 0 amide bonds. The maximum Gasteiger partial charge on any atom is 0.411 e. The summed E-state index contributed by atoms with van der Waals surface area (Å²) in [5.74, 6) is 0. The van der Waals surface area contributed by atoms with E-state index in [9.17, 15) is 13.2 Å². The van der Waals surface area contributed by atoms with Crippen molar-refractivity contribution in [1.82, 2.24) is 9.88 Å². The molecule has 1 heterocycles. The first-order valence-electron chi connectivity index (χ1n) is 6.00. The van der Waals surface area contributed by atoms with E-state index in [0.29, 0.717) is 6.04 Å². The summed E-state index contributed by atoms with van der Waals surface area (Å²) in [6.45, 7) is -1.26. The Morgan fingerprint density at radius 3 is 2.89 bits per heavy atom. The Hall–Kier alpha value is -1.01. The van der Waals surface area contributed by atoms with Crippen LogP contribution in [0.1, 0.15) is 30.0 Å². The second-order valence-electron chi connectivity index (χ2n) is 4.58. The van der Waals surface area contributed by atoms with E-state index in [0.717, 1.165) is 19.3 Å². The topological polar surface area (TPSA) is 26.2 Å². The Labute approximate surface area is 104 Å². The van der Waals surface area contributed by atoms with Gasteiger partial charge in [-0.1, -0.05) is 0 Å². The minimum Gasteiger partial charge on any atom is -0.351 e. The van der Waals surface area contributed by atoms with Gasteiger partial charge in [0.2, 0.25) is 0 Å². The maximum absolute atomic E-state index is 12.0. The van der Waals surface area contributed by atoms with Crippen molar-refractivity contribution in [2.24, 2.45) is 0 Å². The van der Waals surface area contributed by atoms with Gasteiger partial charge in [-0.15, -0.1) is 0 Å². The van der Waals surface area contributed by atoms with Crippen molar-refractivity contribution in [3.8, 4) is 0 Å². The predicted molar refractivity (Wildman–Crippen MR) is 61.2 cm³/mol. The van der Waals surface area contributed by atoms with Crippen LogP contribution in [0.15, 0.2) is 12.4 Å². The van der Waals surface area contributed by atoms with Crippen LogP contribution in [0.25, 0.3) is 0 Å². The SMILES string of the molecule is CNC1CCCc2cn(COCC(F)(F)F)cc21. The normalized spacial score (nSPS) is 19.9. The lowest BCUT2D eigenvalue weighted by Gasteiger charge is -2.21. The minimum absolute atomic E-state index is 0.0526. The lowest BCUT2D eigenvalue weighted by atomic mass is 9.91. The van der Waals surface area contributed by atoms with Crippen molar-refractivity contribution in [3.63, 3.8) is 0 Å². The van der Waals surface area contributed by atoms with Crippen molar-refractivity contribution >= 4 is 0 Å². The molecule has 1 atom stereocenters. The molecule has 0 bridgehead atoms. The zero-order chi connectivity index (χ0) is 13.2. The van der Waals surface area contributed by atoms with Crippen LogP contribution in [0.2, 0.25) is 0 Å². The van der Waals surface area contributed by atoms with Crippen LogP contribution in [-0.4, -0.2) is 24.4 Å². The van der Waals surface area contributed by atoms with Crippen molar-refractivity contribution in [2.75, 3.05) is 13.7 Å². The monoisotopic (exact) mass is 262 g/mol. The third-order valence-electron chi connectivity index (χ3n) is 3.17. The number of hydrogen-bond acceptors (Lipinski definition) is 2. The quantitative estimate of drug-likeness (QED) is 0.902. The Morgan fingerprint density at radius 1 is 1.44 bits per heavy atom. The van der Waals surface area contributed by atoms with Gasteiger partial charge in [-0.05, 0) is 37.4 Å². The molecule has 1 aliphatic rings. The minimum atomic E-state index is -4.26. The van der Waals surface area contributed by atoms with Gasteiger partial charge in [-0.2, -0.15) is 13.2 Å². The fourth-order valence-corrected chi connectivity index (χ4v) is 2.39. The molecule has 1 unspecified atom stereocenters. The maximum atomic E-state index is 12.0. The molecular formula is C12H17F3N2O. The third kappa shape index (κ3) is 3.26. The summed E-state index contributed by atoms with van der Waals surface area (Å²) in [5, 5.41) is 3.22. The average Bonchev–Trinajstić information content (AvgIpc) is 2.69. The molecule has 1 N–H and O–H groups in total. The highest BCUT2D eigenvalue weighted by molar-refractivity contribution is 5.30. The van der Waals surface area contributed by atoms with Gasteiger partial charge in [0.15, 0.2) is 0 Å². The highest BCUT2D eigenvalue weighted by Gasteiger charge is 2.27. The van der Waals surface area contributed by atoms with E-state index in [-0.39, 0.29) is 6.73 Å². The molecule has 0 saturated carbocycles. The van der Waals surface area contributed by atoms with Crippen molar-refractivity contribution in [1.29, 1.82) is 0 Å². The number of halogens is 3. The molecule has 0 spiro atoms. The van der Waals surface area contributed by atoms with Crippen molar-refractivity contribution in [3.05, 3.63) is 23.5 Å². The van der Waals surface area contributed by atoms with Gasteiger partial charge in [-0.25, -0.2) is 0 Å². The van der Waals surface area contributed by atoms with E-state index < -0.39 is 12.8 Å². The molecule has 6 heteroatoms. The molecule has 18 heavy (non-hydrogen) atoms. The first-order valence-corrected chi connectivity index (χ1v) is 6.00. The molecule has 102 valence electrons. The summed E-state index contributed by atoms with van der Waals surface area (Å²) in [6, 6.07) is 0.303. The Balaban J connectivity index is 1.97.